The predicted octanol–water partition coefficient (Wildman–Crippen LogP) is 5.13. The number of ether oxygens (including phenoxy) is 1. The van der Waals surface area contributed by atoms with Gasteiger partial charge in [0.1, 0.15) is 35.7 Å². The topological polar surface area (TPSA) is 131 Å². The summed E-state index contributed by atoms with van der Waals surface area (Å²) in [5.41, 5.74) is 0.766. The minimum Gasteiger partial charge on any atom is -0.360 e. The Labute approximate surface area is 194 Å². The molecule has 0 aliphatic heterocycles. The van der Waals surface area contributed by atoms with E-state index in [0.717, 1.165) is 0 Å². The van der Waals surface area contributed by atoms with E-state index in [1.165, 1.54) is 18.3 Å². The Morgan fingerprint density at radius 3 is 2.48 bits per heavy atom. The van der Waals surface area contributed by atoms with Crippen LogP contribution in [0.5, 0.6) is 0 Å². The molecule has 0 radical (unpaired) electrons. The van der Waals surface area contributed by atoms with Crippen LogP contribution in [0, 0.1) is 21.4 Å². The highest BCUT2D eigenvalue weighted by molar-refractivity contribution is 5.77. The van der Waals surface area contributed by atoms with Gasteiger partial charge in [0, 0.05) is 30.5 Å². The molecule has 0 bridgehead atoms. The first kappa shape index (κ1) is 27.2. The monoisotopic (exact) mass is 453 g/mol. The van der Waals surface area contributed by atoms with Crippen LogP contribution in [-0.2, 0) is 10.3 Å². The van der Waals surface area contributed by atoms with Gasteiger partial charge in [-0.15, -0.1) is 0 Å². The van der Waals surface area contributed by atoms with E-state index in [2.05, 4.69) is 33.2 Å². The Bertz CT molecular complexity index is 1040. The molecule has 2 rings (SSSR count). The van der Waals surface area contributed by atoms with Crippen molar-refractivity contribution in [1.29, 1.82) is 5.26 Å². The molecule has 0 spiro atoms. The average molecular weight is 454 g/mol. The van der Waals surface area contributed by atoms with Gasteiger partial charge in [0.15, 0.2) is 0 Å². The van der Waals surface area contributed by atoms with Crippen LogP contribution in [0.1, 0.15) is 47.1 Å². The molecular weight excluding hydrogens is 422 g/mol. The number of rotatable bonds is 9. The zero-order chi connectivity index (χ0) is 25.0. The summed E-state index contributed by atoms with van der Waals surface area (Å²) in [6.45, 7) is 16.1. The summed E-state index contributed by atoms with van der Waals surface area (Å²) >= 11 is 0. The minimum atomic E-state index is -0.477. The number of hydrogen-bond donors (Lipinski definition) is 1. The van der Waals surface area contributed by atoms with Gasteiger partial charge in [0.05, 0.1) is 10.5 Å². The van der Waals surface area contributed by atoms with Crippen molar-refractivity contribution in [3.8, 4) is 17.3 Å². The van der Waals surface area contributed by atoms with Gasteiger partial charge in [-0.25, -0.2) is 9.67 Å². The summed E-state index contributed by atoms with van der Waals surface area (Å²) in [6.07, 6.45) is 3.15. The van der Waals surface area contributed by atoms with Crippen LogP contribution in [0.2, 0.25) is 0 Å². The second kappa shape index (κ2) is 12.9. The molecule has 1 heterocycles. The molecule has 1 aromatic heterocycles. The van der Waals surface area contributed by atoms with E-state index in [1.54, 1.807) is 22.9 Å². The van der Waals surface area contributed by atoms with Crippen LogP contribution >= 0.6 is 0 Å². The predicted molar refractivity (Wildman–Crippen MR) is 132 cm³/mol. The highest BCUT2D eigenvalue weighted by Crippen LogP contribution is 2.33. The number of aromatic nitrogens is 2. The Morgan fingerprint density at radius 1 is 1.36 bits per heavy atom. The second-order valence-electron chi connectivity index (χ2n) is 7.36. The van der Waals surface area contributed by atoms with Gasteiger partial charge in [-0.3, -0.25) is 15.1 Å². The molecule has 2 aromatic rings. The normalized spacial score (nSPS) is 11.5. The zero-order valence-electron chi connectivity index (χ0n) is 20.0. The fourth-order valence-corrected chi connectivity index (χ4v) is 2.63. The third kappa shape index (κ3) is 7.36. The SMILES string of the molecule is C=N/C(=C\C=N/COCC)Nc1c(C#N)c(-c2ccc([N+](=O)[O-])cc2)nn1C(C)(C)C.CC. The van der Waals surface area contributed by atoms with Crippen molar-refractivity contribution < 1.29 is 9.66 Å². The number of aliphatic imine (C=N–C) groups is 2. The lowest BCUT2D eigenvalue weighted by atomic mass is 10.1. The van der Waals surface area contributed by atoms with Crippen molar-refractivity contribution in [2.45, 2.75) is 47.1 Å². The number of nitro benzene ring substituents is 1. The highest BCUT2D eigenvalue weighted by atomic mass is 16.6. The third-order valence-electron chi connectivity index (χ3n) is 4.11. The van der Waals surface area contributed by atoms with Crippen molar-refractivity contribution in [3.05, 3.63) is 51.8 Å². The zero-order valence-corrected chi connectivity index (χ0v) is 20.0. The smallest absolute Gasteiger partial charge is 0.269 e. The molecule has 0 amide bonds. The maximum atomic E-state index is 10.9. The van der Waals surface area contributed by atoms with E-state index in [4.69, 9.17) is 4.74 Å². The summed E-state index contributed by atoms with van der Waals surface area (Å²) in [4.78, 5) is 18.5. The average Bonchev–Trinajstić information content (AvgIpc) is 3.18. The van der Waals surface area contributed by atoms with Gasteiger partial charge in [0.25, 0.3) is 5.69 Å². The molecule has 0 atom stereocenters. The number of nitro groups is 1. The molecule has 0 unspecified atom stereocenters. The second-order valence-corrected chi connectivity index (χ2v) is 7.36. The van der Waals surface area contributed by atoms with Crippen LogP contribution in [0.15, 0.2) is 46.1 Å². The van der Waals surface area contributed by atoms with Crippen LogP contribution in [0.4, 0.5) is 11.5 Å². The number of anilines is 1. The summed E-state index contributed by atoms with van der Waals surface area (Å²) in [7, 11) is 0. The fourth-order valence-electron chi connectivity index (χ4n) is 2.63. The first-order chi connectivity index (χ1) is 15.7. The van der Waals surface area contributed by atoms with Gasteiger partial charge in [-0.1, -0.05) is 13.8 Å². The lowest BCUT2D eigenvalue weighted by Crippen LogP contribution is -2.25. The van der Waals surface area contributed by atoms with Crippen molar-refractivity contribution in [2.24, 2.45) is 9.98 Å². The molecule has 0 aliphatic carbocycles. The molecule has 0 aliphatic rings. The van der Waals surface area contributed by atoms with Crippen molar-refractivity contribution in [2.75, 3.05) is 18.7 Å². The fraction of sp³-hybridized carbons (Fsp3) is 0.391. The number of benzene rings is 1. The Morgan fingerprint density at radius 2 is 2.00 bits per heavy atom. The maximum absolute atomic E-state index is 10.9. The molecule has 1 aromatic carbocycles. The molecule has 0 fully saturated rings. The van der Waals surface area contributed by atoms with Gasteiger partial charge in [-0.2, -0.15) is 10.4 Å². The molecule has 10 nitrogen and oxygen atoms in total. The number of hydrogen-bond acceptors (Lipinski definition) is 8. The van der Waals surface area contributed by atoms with Crippen LogP contribution < -0.4 is 5.32 Å². The van der Waals surface area contributed by atoms with E-state index in [0.29, 0.717) is 29.5 Å². The first-order valence-electron chi connectivity index (χ1n) is 10.5. The summed E-state index contributed by atoms with van der Waals surface area (Å²) < 4.78 is 6.83. The van der Waals surface area contributed by atoms with E-state index < -0.39 is 10.5 Å². The van der Waals surface area contributed by atoms with Gasteiger partial charge >= 0.3 is 0 Å². The molecule has 176 valence electrons. The van der Waals surface area contributed by atoms with Crippen molar-refractivity contribution in [1.82, 2.24) is 9.78 Å². The van der Waals surface area contributed by atoms with Crippen LogP contribution in [-0.4, -0.2) is 41.0 Å². The van der Waals surface area contributed by atoms with Crippen LogP contribution in [0.3, 0.4) is 0 Å². The van der Waals surface area contributed by atoms with Crippen molar-refractivity contribution in [3.63, 3.8) is 0 Å². The van der Waals surface area contributed by atoms with E-state index in [9.17, 15) is 15.4 Å². The minimum absolute atomic E-state index is 0.0386. The van der Waals surface area contributed by atoms with Gasteiger partial charge in [-0.05, 0) is 52.6 Å². The first-order valence-corrected chi connectivity index (χ1v) is 10.5. The lowest BCUT2D eigenvalue weighted by Gasteiger charge is -2.22. The Hall–Kier alpha value is -3.84. The quantitative estimate of drug-likeness (QED) is 0.242. The van der Waals surface area contributed by atoms with Crippen molar-refractivity contribution >= 4 is 24.4 Å². The number of nitriles is 1. The lowest BCUT2D eigenvalue weighted by molar-refractivity contribution is -0.384. The molecule has 0 saturated heterocycles. The number of non-ortho nitro benzene ring substituents is 1. The van der Waals surface area contributed by atoms with Crippen LogP contribution in [0.25, 0.3) is 11.3 Å². The Balaban J connectivity index is 0.00000265. The molecule has 1 N–H and O–H groups in total. The molecular formula is C23H31N7O3. The van der Waals surface area contributed by atoms with Gasteiger partial charge in [0.2, 0.25) is 0 Å². The summed E-state index contributed by atoms with van der Waals surface area (Å²) in [5, 5.41) is 28.6. The van der Waals surface area contributed by atoms with E-state index in [1.807, 2.05) is 41.5 Å². The highest BCUT2D eigenvalue weighted by Gasteiger charge is 2.26. The third-order valence-corrected chi connectivity index (χ3v) is 4.11. The molecule has 33 heavy (non-hydrogen) atoms. The standard InChI is InChI=1S/C21H25N7O3.C2H6/c1-6-31-14-24-12-11-18(23-5)25-20-17(13-22)19(26-27(20)21(2,3)4)15-7-9-16(10-8-15)28(29)30;1-2/h7-12,25H,5-6,14H2,1-4H3;1-2H3/b18-11+,24-12-;. The Kier molecular flexibility index (Phi) is 10.6. The largest absolute Gasteiger partial charge is 0.360 e. The van der Waals surface area contributed by atoms with Gasteiger partial charge < -0.3 is 10.1 Å². The molecule has 0 saturated carbocycles. The summed E-state index contributed by atoms with van der Waals surface area (Å²) in [6, 6.07) is 8.08. The molecule has 10 heteroatoms. The number of nitrogens with zero attached hydrogens (tertiary/aromatic N) is 6. The number of allylic oxidation sites excluding steroid dienone is 1. The number of nitrogens with one attached hydrogen (secondary N) is 1. The summed E-state index contributed by atoms with van der Waals surface area (Å²) in [5.74, 6) is 0.803. The van der Waals surface area contributed by atoms with E-state index >= 15 is 0 Å². The maximum Gasteiger partial charge on any atom is 0.269 e. The van der Waals surface area contributed by atoms with E-state index in [-0.39, 0.29) is 18.0 Å².